The highest BCUT2D eigenvalue weighted by molar-refractivity contribution is 7.89. The number of rotatable bonds is 7. The molecule has 0 saturated carbocycles. The van der Waals surface area contributed by atoms with Gasteiger partial charge in [0, 0.05) is 23.7 Å². The number of carboxylic acid groups (broad SMARTS) is 1. The van der Waals surface area contributed by atoms with Gasteiger partial charge in [-0.25, -0.2) is 8.42 Å². The van der Waals surface area contributed by atoms with E-state index in [4.69, 9.17) is 11.6 Å². The van der Waals surface area contributed by atoms with Crippen molar-refractivity contribution in [3.8, 4) is 0 Å². The molecule has 2 rings (SSSR count). The van der Waals surface area contributed by atoms with Gasteiger partial charge in [0.25, 0.3) is 5.69 Å². The Kier molecular flexibility index (Phi) is 5.96. The van der Waals surface area contributed by atoms with Crippen LogP contribution < -0.4 is 0 Å². The quantitative estimate of drug-likeness (QED) is 0.565. The van der Waals surface area contributed by atoms with Crippen LogP contribution in [0.25, 0.3) is 0 Å². The molecule has 0 amide bonds. The minimum atomic E-state index is -4.33. The molecule has 0 heterocycles. The third-order valence-electron chi connectivity index (χ3n) is 3.71. The average Bonchev–Trinajstić information content (AvgIpc) is 2.60. The van der Waals surface area contributed by atoms with E-state index in [0.717, 1.165) is 16.4 Å². The van der Waals surface area contributed by atoms with E-state index in [-0.39, 0.29) is 16.5 Å². The third-order valence-corrected chi connectivity index (χ3v) is 5.99. The van der Waals surface area contributed by atoms with Crippen LogP contribution in [0.15, 0.2) is 53.4 Å². The Hall–Kier alpha value is -2.49. The van der Waals surface area contributed by atoms with Gasteiger partial charge in [-0.2, -0.15) is 4.31 Å². The smallest absolute Gasteiger partial charge is 0.321 e. The molecule has 0 aliphatic rings. The van der Waals surface area contributed by atoms with Crippen molar-refractivity contribution < 1.29 is 23.2 Å². The molecular formula is C16H15ClN2O6S. The lowest BCUT2D eigenvalue weighted by Crippen LogP contribution is -2.42. The number of hydrogen-bond acceptors (Lipinski definition) is 5. The van der Waals surface area contributed by atoms with Crippen molar-refractivity contribution in [1.29, 1.82) is 0 Å². The summed E-state index contributed by atoms with van der Waals surface area (Å²) in [6.07, 6.45) is 0. The molecule has 0 radical (unpaired) electrons. The lowest BCUT2D eigenvalue weighted by atomic mass is 10.2. The zero-order chi connectivity index (χ0) is 19.5. The van der Waals surface area contributed by atoms with Crippen LogP contribution in [0.2, 0.25) is 5.02 Å². The summed E-state index contributed by atoms with van der Waals surface area (Å²) in [5.41, 5.74) is 0.00280. The highest BCUT2D eigenvalue weighted by Gasteiger charge is 2.34. The minimum absolute atomic E-state index is 0.282. The number of carboxylic acids is 1. The fourth-order valence-electron chi connectivity index (χ4n) is 2.24. The van der Waals surface area contributed by atoms with Gasteiger partial charge in [0.15, 0.2) is 0 Å². The van der Waals surface area contributed by atoms with Crippen LogP contribution >= 0.6 is 11.6 Å². The molecule has 138 valence electrons. The lowest BCUT2D eigenvalue weighted by Gasteiger charge is -2.26. The number of non-ortho nitro benzene ring substituents is 1. The van der Waals surface area contributed by atoms with Crippen molar-refractivity contribution in [2.45, 2.75) is 24.4 Å². The summed E-state index contributed by atoms with van der Waals surface area (Å²) >= 11 is 6.06. The molecule has 0 bridgehead atoms. The van der Waals surface area contributed by atoms with Crippen LogP contribution in [0.4, 0.5) is 5.69 Å². The van der Waals surface area contributed by atoms with Gasteiger partial charge in [-0.3, -0.25) is 14.9 Å². The van der Waals surface area contributed by atoms with Crippen molar-refractivity contribution in [2.24, 2.45) is 0 Å². The number of sulfonamides is 1. The molecule has 0 saturated heterocycles. The molecular weight excluding hydrogens is 384 g/mol. The van der Waals surface area contributed by atoms with Gasteiger partial charge in [-0.05, 0) is 24.6 Å². The molecule has 10 heteroatoms. The van der Waals surface area contributed by atoms with Gasteiger partial charge in [0.1, 0.15) is 6.04 Å². The Bertz CT molecular complexity index is 947. The van der Waals surface area contributed by atoms with E-state index in [2.05, 4.69) is 0 Å². The second-order valence-corrected chi connectivity index (χ2v) is 7.71. The predicted octanol–water partition coefficient (Wildman–Crippen LogP) is 2.91. The normalized spacial score (nSPS) is 12.7. The van der Waals surface area contributed by atoms with E-state index in [1.54, 1.807) is 24.3 Å². The number of aliphatic carboxylic acids is 1. The molecule has 2 aromatic rings. The van der Waals surface area contributed by atoms with E-state index >= 15 is 0 Å². The first-order valence-corrected chi connectivity index (χ1v) is 9.19. The number of nitrogens with zero attached hydrogens (tertiary/aromatic N) is 2. The molecule has 0 fully saturated rings. The molecule has 0 aliphatic carbocycles. The van der Waals surface area contributed by atoms with Crippen molar-refractivity contribution in [3.63, 3.8) is 0 Å². The van der Waals surface area contributed by atoms with Crippen LogP contribution in [0.3, 0.4) is 0 Å². The molecule has 1 atom stereocenters. The Balaban J connectivity index is 2.53. The summed E-state index contributed by atoms with van der Waals surface area (Å²) in [7, 11) is -4.33. The van der Waals surface area contributed by atoms with E-state index in [1.807, 2.05) is 0 Å². The number of hydrogen-bond donors (Lipinski definition) is 1. The van der Waals surface area contributed by atoms with E-state index in [1.165, 1.54) is 19.1 Å². The van der Waals surface area contributed by atoms with Crippen LogP contribution in [0.1, 0.15) is 12.5 Å². The predicted molar refractivity (Wildman–Crippen MR) is 94.4 cm³/mol. The molecule has 0 spiro atoms. The number of nitro benzene ring substituents is 1. The maximum Gasteiger partial charge on any atom is 0.321 e. The summed E-state index contributed by atoms with van der Waals surface area (Å²) < 4.78 is 26.7. The summed E-state index contributed by atoms with van der Waals surface area (Å²) in [5, 5.41) is 20.5. The Morgan fingerprint density at radius 3 is 2.50 bits per heavy atom. The molecule has 1 N–H and O–H groups in total. The Labute approximate surface area is 154 Å². The minimum Gasteiger partial charge on any atom is -0.480 e. The monoisotopic (exact) mass is 398 g/mol. The Morgan fingerprint density at radius 1 is 1.27 bits per heavy atom. The van der Waals surface area contributed by atoms with Crippen molar-refractivity contribution >= 4 is 33.3 Å². The first kappa shape index (κ1) is 19.8. The van der Waals surface area contributed by atoms with Gasteiger partial charge in [0.05, 0.1) is 9.82 Å². The summed E-state index contributed by atoms with van der Waals surface area (Å²) in [5.74, 6) is -1.36. The van der Waals surface area contributed by atoms with E-state index < -0.39 is 32.6 Å². The first-order chi connectivity index (χ1) is 12.1. The van der Waals surface area contributed by atoms with Crippen LogP contribution in [-0.2, 0) is 21.4 Å². The molecule has 0 aromatic heterocycles. The lowest BCUT2D eigenvalue weighted by molar-refractivity contribution is -0.385. The van der Waals surface area contributed by atoms with Crippen molar-refractivity contribution in [1.82, 2.24) is 4.31 Å². The number of benzene rings is 2. The third kappa shape index (κ3) is 4.18. The molecule has 2 aromatic carbocycles. The maximum absolute atomic E-state index is 13.0. The molecule has 1 unspecified atom stereocenters. The zero-order valence-corrected chi connectivity index (χ0v) is 15.1. The fraction of sp³-hybridized carbons (Fsp3) is 0.188. The Morgan fingerprint density at radius 2 is 1.92 bits per heavy atom. The van der Waals surface area contributed by atoms with Crippen molar-refractivity contribution in [3.05, 3.63) is 69.2 Å². The topological polar surface area (TPSA) is 118 Å². The summed E-state index contributed by atoms with van der Waals surface area (Å²) in [4.78, 5) is 21.2. The second kappa shape index (κ2) is 7.81. The highest BCUT2D eigenvalue weighted by Crippen LogP contribution is 2.26. The zero-order valence-electron chi connectivity index (χ0n) is 13.6. The van der Waals surface area contributed by atoms with Crippen molar-refractivity contribution in [2.75, 3.05) is 0 Å². The number of carbonyl (C=O) groups is 1. The first-order valence-electron chi connectivity index (χ1n) is 7.37. The van der Waals surface area contributed by atoms with Gasteiger partial charge >= 0.3 is 5.97 Å². The van der Waals surface area contributed by atoms with Crippen LogP contribution in [-0.4, -0.2) is 34.8 Å². The van der Waals surface area contributed by atoms with Gasteiger partial charge in [-0.15, -0.1) is 0 Å². The number of nitro groups is 1. The van der Waals surface area contributed by atoms with Gasteiger partial charge in [-0.1, -0.05) is 35.9 Å². The molecule has 26 heavy (non-hydrogen) atoms. The molecule has 0 aliphatic heterocycles. The fourth-order valence-corrected chi connectivity index (χ4v) is 4.04. The van der Waals surface area contributed by atoms with Gasteiger partial charge in [0.2, 0.25) is 10.0 Å². The van der Waals surface area contributed by atoms with E-state index in [9.17, 15) is 28.4 Å². The second-order valence-electron chi connectivity index (χ2n) is 5.41. The standard InChI is InChI=1S/C16H15ClN2O6S/c1-11(16(20)21)18(10-12-5-2-3-8-15(12)17)26(24,25)14-7-4-6-13(9-14)19(22)23/h2-9,11H,10H2,1H3,(H,20,21). The van der Waals surface area contributed by atoms with Crippen LogP contribution in [0.5, 0.6) is 0 Å². The number of halogens is 1. The van der Waals surface area contributed by atoms with Gasteiger partial charge < -0.3 is 5.11 Å². The van der Waals surface area contributed by atoms with E-state index in [0.29, 0.717) is 5.56 Å². The average molecular weight is 399 g/mol. The summed E-state index contributed by atoms with van der Waals surface area (Å²) in [6.45, 7) is 0.923. The summed E-state index contributed by atoms with van der Waals surface area (Å²) in [6, 6.07) is 9.47. The largest absolute Gasteiger partial charge is 0.480 e. The molecule has 8 nitrogen and oxygen atoms in total. The maximum atomic E-state index is 13.0. The highest BCUT2D eigenvalue weighted by atomic mass is 35.5. The van der Waals surface area contributed by atoms with Crippen LogP contribution in [0, 0.1) is 10.1 Å². The SMILES string of the molecule is CC(C(=O)O)N(Cc1ccccc1Cl)S(=O)(=O)c1cccc([N+](=O)[O-])c1.